The molecule has 0 unspecified atom stereocenters. The summed E-state index contributed by atoms with van der Waals surface area (Å²) in [5.41, 5.74) is -0.134. The Bertz CT molecular complexity index is 1120. The molecule has 0 spiro atoms. The Kier molecular flexibility index (Phi) is 9.16. The number of amides is 1. The normalized spacial score (nSPS) is 18.4. The zero-order valence-corrected chi connectivity index (χ0v) is 21.6. The summed E-state index contributed by atoms with van der Waals surface area (Å²) in [4.78, 5) is 20.7. The number of aliphatic hydroxyl groups is 1. The number of β-amino-alcohol motifs (C(OH)–C–C–N with tert-alkyl or cyclic N) is 1. The van der Waals surface area contributed by atoms with Gasteiger partial charge in [-0.1, -0.05) is 30.3 Å². The van der Waals surface area contributed by atoms with E-state index in [9.17, 15) is 9.90 Å². The Morgan fingerprint density at radius 2 is 1.78 bits per heavy atom. The highest BCUT2D eigenvalue weighted by Crippen LogP contribution is 2.21. The fourth-order valence-electron chi connectivity index (χ4n) is 4.48. The first-order valence-corrected chi connectivity index (χ1v) is 12.5. The van der Waals surface area contributed by atoms with Gasteiger partial charge in [0.1, 0.15) is 42.7 Å². The third-order valence-corrected chi connectivity index (χ3v) is 6.41. The Morgan fingerprint density at radius 1 is 1.03 bits per heavy atom. The van der Waals surface area contributed by atoms with Crippen molar-refractivity contribution >= 4 is 5.91 Å². The zero-order chi connectivity index (χ0) is 26.1. The lowest BCUT2D eigenvalue weighted by Gasteiger charge is -2.33. The van der Waals surface area contributed by atoms with Crippen molar-refractivity contribution in [1.29, 1.82) is 0 Å². The van der Waals surface area contributed by atoms with Crippen LogP contribution in [-0.4, -0.2) is 89.1 Å². The predicted octanol–water partition coefficient (Wildman–Crippen LogP) is 2.37. The minimum Gasteiger partial charge on any atom is -0.492 e. The monoisotopic (exact) mass is 508 g/mol. The van der Waals surface area contributed by atoms with Crippen molar-refractivity contribution in [2.24, 2.45) is 0 Å². The molecule has 0 bridgehead atoms. The van der Waals surface area contributed by atoms with Crippen LogP contribution in [0.3, 0.4) is 0 Å². The van der Waals surface area contributed by atoms with Crippen LogP contribution in [0.5, 0.6) is 11.5 Å². The van der Waals surface area contributed by atoms with E-state index in [1.54, 1.807) is 11.1 Å². The molecule has 9 nitrogen and oxygen atoms in total. The number of carbonyl (C=O) groups excluding carboxylic acids is 1. The molecule has 2 heterocycles. The van der Waals surface area contributed by atoms with Gasteiger partial charge >= 0.3 is 0 Å². The van der Waals surface area contributed by atoms with Crippen LogP contribution < -0.4 is 9.47 Å². The lowest BCUT2D eigenvalue weighted by Crippen LogP contribution is -2.52. The van der Waals surface area contributed by atoms with Crippen molar-refractivity contribution in [3.05, 3.63) is 78.4 Å². The van der Waals surface area contributed by atoms with Gasteiger partial charge in [-0.3, -0.25) is 9.69 Å². The molecule has 1 aliphatic rings. The number of imidazole rings is 1. The number of benzene rings is 2. The molecule has 1 aliphatic heterocycles. The van der Waals surface area contributed by atoms with Gasteiger partial charge in [-0.05, 0) is 36.8 Å². The second kappa shape index (κ2) is 12.7. The number of aryl methyl sites for hydroxylation is 1. The van der Waals surface area contributed by atoms with E-state index in [4.69, 9.17) is 14.2 Å². The smallest absolute Gasteiger partial charge is 0.248 e. The summed E-state index contributed by atoms with van der Waals surface area (Å²) in [7, 11) is 1.50. The Morgan fingerprint density at radius 3 is 2.49 bits per heavy atom. The summed E-state index contributed by atoms with van der Waals surface area (Å²) in [5, 5.41) is 11.6. The van der Waals surface area contributed by atoms with Crippen LogP contribution in [0.25, 0.3) is 0 Å². The second-order valence-corrected chi connectivity index (χ2v) is 9.45. The van der Waals surface area contributed by atoms with Gasteiger partial charge in [0.2, 0.25) is 5.91 Å². The summed E-state index contributed by atoms with van der Waals surface area (Å²) in [6.07, 6.45) is 3.73. The van der Waals surface area contributed by atoms with E-state index < -0.39 is 5.60 Å². The molecule has 0 saturated carbocycles. The van der Waals surface area contributed by atoms with Crippen LogP contribution in [0.4, 0.5) is 0 Å². The first-order chi connectivity index (χ1) is 17.9. The highest BCUT2D eigenvalue weighted by Gasteiger charge is 2.37. The van der Waals surface area contributed by atoms with Crippen LogP contribution in [0, 0.1) is 6.92 Å². The summed E-state index contributed by atoms with van der Waals surface area (Å²) in [5.74, 6) is 2.31. The molecule has 2 aromatic carbocycles. The maximum atomic E-state index is 12.6. The van der Waals surface area contributed by atoms with Gasteiger partial charge in [0.25, 0.3) is 0 Å². The minimum absolute atomic E-state index is 0.0164. The van der Waals surface area contributed by atoms with Crippen molar-refractivity contribution in [3.8, 4) is 11.5 Å². The molecule has 37 heavy (non-hydrogen) atoms. The van der Waals surface area contributed by atoms with Crippen molar-refractivity contribution in [2.45, 2.75) is 25.6 Å². The molecule has 9 heteroatoms. The molecule has 1 atom stereocenters. The molecule has 1 amide bonds. The fraction of sp³-hybridized carbons (Fsp3) is 0.429. The van der Waals surface area contributed by atoms with Crippen LogP contribution >= 0.6 is 0 Å². The average Bonchev–Trinajstić information content (AvgIpc) is 3.23. The summed E-state index contributed by atoms with van der Waals surface area (Å²) in [6.45, 7) is 5.65. The van der Waals surface area contributed by atoms with Gasteiger partial charge in [-0.2, -0.15) is 0 Å². The number of nitrogens with zero attached hydrogens (tertiary/aromatic N) is 4. The van der Waals surface area contributed by atoms with E-state index in [0.29, 0.717) is 38.5 Å². The van der Waals surface area contributed by atoms with E-state index in [1.807, 2.05) is 67.7 Å². The number of carbonyl (C=O) groups is 1. The standard InChI is InChI=1S/C28H36N4O5/c1-23-29-12-13-31(23)16-17-36-26-10-8-24(9-11-26)18-30-14-15-32(27(33)19-35-2)21-28(34,20-30)22-37-25-6-4-3-5-7-25/h3-13,34H,14-22H2,1-2H3/t28-/m0/s1. The van der Waals surface area contributed by atoms with Crippen molar-refractivity contribution in [3.63, 3.8) is 0 Å². The highest BCUT2D eigenvalue weighted by atomic mass is 16.5. The zero-order valence-electron chi connectivity index (χ0n) is 21.6. The van der Waals surface area contributed by atoms with Gasteiger partial charge in [0.05, 0.1) is 13.1 Å². The van der Waals surface area contributed by atoms with Crippen LogP contribution in [0.1, 0.15) is 11.4 Å². The molecule has 198 valence electrons. The number of rotatable bonds is 11. The maximum Gasteiger partial charge on any atom is 0.248 e. The molecule has 0 aliphatic carbocycles. The Hall–Kier alpha value is -3.40. The van der Waals surface area contributed by atoms with E-state index in [-0.39, 0.29) is 25.7 Å². The van der Waals surface area contributed by atoms with Gasteiger partial charge in [-0.15, -0.1) is 0 Å². The number of hydrogen-bond acceptors (Lipinski definition) is 7. The number of para-hydroxylation sites is 1. The van der Waals surface area contributed by atoms with Gasteiger partial charge in [-0.25, -0.2) is 4.98 Å². The lowest BCUT2D eigenvalue weighted by atomic mass is 10.0. The van der Waals surface area contributed by atoms with Crippen LogP contribution in [0.2, 0.25) is 0 Å². The van der Waals surface area contributed by atoms with Crippen molar-refractivity contribution < 1.29 is 24.1 Å². The number of ether oxygens (including phenoxy) is 3. The van der Waals surface area contributed by atoms with E-state index in [1.165, 1.54) is 7.11 Å². The van der Waals surface area contributed by atoms with Crippen molar-refractivity contribution in [1.82, 2.24) is 19.4 Å². The van der Waals surface area contributed by atoms with Gasteiger partial charge < -0.3 is 28.8 Å². The van der Waals surface area contributed by atoms with Crippen LogP contribution in [0.15, 0.2) is 67.0 Å². The first-order valence-electron chi connectivity index (χ1n) is 12.5. The Balaban J connectivity index is 1.37. The highest BCUT2D eigenvalue weighted by molar-refractivity contribution is 5.77. The maximum absolute atomic E-state index is 12.6. The molecule has 1 aromatic heterocycles. The molecule has 3 aromatic rings. The lowest BCUT2D eigenvalue weighted by molar-refractivity contribution is -0.138. The summed E-state index contributed by atoms with van der Waals surface area (Å²) in [6, 6.07) is 17.4. The number of methoxy groups -OCH3 is 1. The molecule has 1 fully saturated rings. The average molecular weight is 509 g/mol. The Labute approximate surface area is 218 Å². The predicted molar refractivity (Wildman–Crippen MR) is 140 cm³/mol. The number of aromatic nitrogens is 2. The van der Waals surface area contributed by atoms with Gasteiger partial charge in [0.15, 0.2) is 0 Å². The second-order valence-electron chi connectivity index (χ2n) is 9.45. The van der Waals surface area contributed by atoms with E-state index >= 15 is 0 Å². The van der Waals surface area contributed by atoms with Crippen molar-refractivity contribution in [2.75, 3.05) is 53.1 Å². The quantitative estimate of drug-likeness (QED) is 0.425. The van der Waals surface area contributed by atoms with Crippen LogP contribution in [-0.2, 0) is 22.6 Å². The first kappa shape index (κ1) is 26.7. The fourth-order valence-corrected chi connectivity index (χ4v) is 4.48. The molecule has 4 rings (SSSR count). The van der Waals surface area contributed by atoms with E-state index in [2.05, 4.69) is 14.5 Å². The molecule has 1 saturated heterocycles. The minimum atomic E-state index is -1.23. The largest absolute Gasteiger partial charge is 0.492 e. The molecule has 0 radical (unpaired) electrons. The third-order valence-electron chi connectivity index (χ3n) is 6.41. The summed E-state index contributed by atoms with van der Waals surface area (Å²) >= 11 is 0. The topological polar surface area (TPSA) is 89.3 Å². The molecular weight excluding hydrogens is 472 g/mol. The summed E-state index contributed by atoms with van der Waals surface area (Å²) < 4.78 is 18.9. The molecular formula is C28H36N4O5. The SMILES string of the molecule is COCC(=O)N1CCN(Cc2ccc(OCCn3ccnc3C)cc2)C[C@@](O)(COc2ccccc2)C1. The van der Waals surface area contributed by atoms with Gasteiger partial charge in [0, 0.05) is 45.7 Å². The third kappa shape index (κ3) is 7.79. The molecule has 1 N–H and O–H groups in total. The number of hydrogen-bond donors (Lipinski definition) is 1. The van der Waals surface area contributed by atoms with E-state index in [0.717, 1.165) is 23.7 Å².